The maximum absolute atomic E-state index is 12.5. The van der Waals surface area contributed by atoms with Gasteiger partial charge < -0.3 is 10.5 Å². The third-order valence-corrected chi connectivity index (χ3v) is 3.30. The lowest BCUT2D eigenvalue weighted by Crippen LogP contribution is -2.37. The summed E-state index contributed by atoms with van der Waals surface area (Å²) in [6.07, 6.45) is -3.52. The number of nitrogens with two attached hydrogens (primary N) is 1. The molecule has 0 bridgehead atoms. The molecular weight excluding hydrogens is 277 g/mol. The molecule has 0 radical (unpaired) electrons. The van der Waals surface area contributed by atoms with Gasteiger partial charge in [0.1, 0.15) is 0 Å². The highest BCUT2D eigenvalue weighted by Crippen LogP contribution is 2.38. The van der Waals surface area contributed by atoms with E-state index in [4.69, 9.17) is 10.5 Å². The summed E-state index contributed by atoms with van der Waals surface area (Å²) in [5.74, 6) is 0.178. The second-order valence-corrected chi connectivity index (χ2v) is 4.75. The average Bonchev–Trinajstić information content (AvgIpc) is 2.31. The summed E-state index contributed by atoms with van der Waals surface area (Å²) in [6.45, 7) is 0.509. The Morgan fingerprint density at radius 1 is 1.40 bits per heavy atom. The monoisotopic (exact) mass is 290 g/mol. The van der Waals surface area contributed by atoms with Crippen molar-refractivity contribution < 1.29 is 22.8 Å². The molecule has 0 spiro atoms. The van der Waals surface area contributed by atoms with E-state index in [1.807, 2.05) is 0 Å². The van der Waals surface area contributed by atoms with E-state index in [1.165, 1.54) is 0 Å². The summed E-state index contributed by atoms with van der Waals surface area (Å²) in [5.41, 5.74) is 3.71. The molecule has 1 aromatic rings. The van der Waals surface area contributed by atoms with Crippen LogP contribution < -0.4 is 10.5 Å². The fourth-order valence-corrected chi connectivity index (χ4v) is 2.08. The Hall–Kier alpha value is -1.83. The van der Waals surface area contributed by atoms with Crippen LogP contribution in [0.15, 0.2) is 18.2 Å². The van der Waals surface area contributed by atoms with Gasteiger partial charge in [-0.1, -0.05) is 0 Å². The summed E-state index contributed by atoms with van der Waals surface area (Å²) in [4.78, 5) is 9.98. The Bertz CT molecular complexity index is 513. The van der Waals surface area contributed by atoms with Gasteiger partial charge in [-0.15, -0.1) is 0 Å². The maximum atomic E-state index is 12.5. The number of hydrogen-bond donors (Lipinski definition) is 1. The van der Waals surface area contributed by atoms with Gasteiger partial charge in [0.05, 0.1) is 16.6 Å². The van der Waals surface area contributed by atoms with Gasteiger partial charge in [0.25, 0.3) is 0 Å². The Kier molecular flexibility index (Phi) is 3.85. The fraction of sp³-hybridized carbons (Fsp3) is 0.500. The number of rotatable bonds is 4. The molecule has 2 N–H and O–H groups in total. The van der Waals surface area contributed by atoms with Gasteiger partial charge in [-0.05, 0) is 37.4 Å². The topological polar surface area (TPSA) is 78.4 Å². The smallest absolute Gasteiger partial charge is 0.416 e. The number of halogens is 3. The van der Waals surface area contributed by atoms with E-state index in [9.17, 15) is 23.3 Å². The summed E-state index contributed by atoms with van der Waals surface area (Å²) in [5, 5.41) is 10.8. The van der Waals surface area contributed by atoms with E-state index in [0.717, 1.165) is 12.1 Å². The first kappa shape index (κ1) is 14.6. The van der Waals surface area contributed by atoms with Crippen molar-refractivity contribution >= 4 is 5.69 Å². The minimum atomic E-state index is -4.62. The van der Waals surface area contributed by atoms with Crippen molar-refractivity contribution in [3.63, 3.8) is 0 Å². The zero-order valence-corrected chi connectivity index (χ0v) is 10.4. The van der Waals surface area contributed by atoms with Crippen LogP contribution in [0.3, 0.4) is 0 Å². The van der Waals surface area contributed by atoms with Crippen molar-refractivity contribution in [2.75, 3.05) is 6.54 Å². The van der Waals surface area contributed by atoms with Gasteiger partial charge in [-0.25, -0.2) is 0 Å². The quantitative estimate of drug-likeness (QED) is 0.683. The molecule has 1 fully saturated rings. The summed E-state index contributed by atoms with van der Waals surface area (Å²) < 4.78 is 42.9. The Balaban J connectivity index is 2.18. The molecule has 0 unspecified atom stereocenters. The number of benzene rings is 1. The first-order valence-corrected chi connectivity index (χ1v) is 6.03. The normalized spacial score (nSPS) is 22.2. The van der Waals surface area contributed by atoms with Crippen LogP contribution in [0.2, 0.25) is 0 Å². The van der Waals surface area contributed by atoms with E-state index < -0.39 is 22.4 Å². The molecule has 8 heteroatoms. The highest BCUT2D eigenvalue weighted by atomic mass is 19.4. The van der Waals surface area contributed by atoms with Crippen molar-refractivity contribution in [2.45, 2.75) is 25.1 Å². The SMILES string of the molecule is NCC1CC(Oc2ccc(C(F)(F)F)cc2[N+](=O)[O-])C1. The van der Waals surface area contributed by atoms with Crippen LogP contribution in [0.4, 0.5) is 18.9 Å². The molecule has 0 atom stereocenters. The maximum Gasteiger partial charge on any atom is 0.416 e. The standard InChI is InChI=1S/C12H13F3N2O3/c13-12(14,15)8-1-2-11(10(5-8)17(18)19)20-9-3-7(4-9)6-16/h1-2,5,7,9H,3-4,6,16H2. The molecule has 110 valence electrons. The molecule has 1 aliphatic rings. The van der Waals surface area contributed by atoms with Crippen molar-refractivity contribution in [1.29, 1.82) is 0 Å². The molecule has 0 aromatic heterocycles. The molecule has 5 nitrogen and oxygen atoms in total. The van der Waals surface area contributed by atoms with Crippen molar-refractivity contribution in [3.05, 3.63) is 33.9 Å². The zero-order valence-electron chi connectivity index (χ0n) is 10.4. The highest BCUT2D eigenvalue weighted by molar-refractivity contribution is 5.49. The first-order valence-electron chi connectivity index (χ1n) is 6.03. The van der Waals surface area contributed by atoms with Crippen molar-refractivity contribution in [3.8, 4) is 5.75 Å². The number of nitro groups is 1. The van der Waals surface area contributed by atoms with Gasteiger partial charge >= 0.3 is 11.9 Å². The molecule has 0 aliphatic heterocycles. The van der Waals surface area contributed by atoms with Crippen LogP contribution in [0.5, 0.6) is 5.75 Å². The molecule has 20 heavy (non-hydrogen) atoms. The summed E-state index contributed by atoms with van der Waals surface area (Å²) >= 11 is 0. The second kappa shape index (κ2) is 5.28. The lowest BCUT2D eigenvalue weighted by Gasteiger charge is -2.34. The molecule has 2 rings (SSSR count). The average molecular weight is 290 g/mol. The third kappa shape index (κ3) is 3.01. The lowest BCUT2D eigenvalue weighted by atomic mass is 9.82. The number of hydrogen-bond acceptors (Lipinski definition) is 4. The second-order valence-electron chi connectivity index (χ2n) is 4.75. The lowest BCUT2D eigenvalue weighted by molar-refractivity contribution is -0.386. The number of ether oxygens (including phenoxy) is 1. The van der Waals surface area contributed by atoms with Crippen molar-refractivity contribution in [2.24, 2.45) is 11.7 Å². The van der Waals surface area contributed by atoms with E-state index in [1.54, 1.807) is 0 Å². The number of alkyl halides is 3. The predicted octanol–water partition coefficient (Wildman–Crippen LogP) is 2.73. The molecular formula is C12H13F3N2O3. The van der Waals surface area contributed by atoms with Gasteiger partial charge in [0.2, 0.25) is 0 Å². The molecule has 0 saturated heterocycles. The summed E-state index contributed by atoms with van der Waals surface area (Å²) in [6, 6.07) is 2.27. The molecule has 0 amide bonds. The largest absolute Gasteiger partial charge is 0.483 e. The third-order valence-electron chi connectivity index (χ3n) is 3.30. The molecule has 0 heterocycles. The number of nitro benzene ring substituents is 1. The Morgan fingerprint density at radius 2 is 2.05 bits per heavy atom. The summed E-state index contributed by atoms with van der Waals surface area (Å²) in [7, 11) is 0. The zero-order chi connectivity index (χ0) is 14.9. The Labute approximate surface area is 112 Å². The number of nitrogens with zero attached hydrogens (tertiary/aromatic N) is 1. The van der Waals surface area contributed by atoms with E-state index in [-0.39, 0.29) is 11.9 Å². The van der Waals surface area contributed by atoms with E-state index >= 15 is 0 Å². The molecule has 1 saturated carbocycles. The molecule has 1 aliphatic carbocycles. The molecule has 1 aromatic carbocycles. The van der Waals surface area contributed by atoms with Gasteiger partial charge in [0.15, 0.2) is 5.75 Å². The highest BCUT2D eigenvalue weighted by Gasteiger charge is 2.35. The van der Waals surface area contributed by atoms with E-state index in [0.29, 0.717) is 31.4 Å². The van der Waals surface area contributed by atoms with Gasteiger partial charge in [0, 0.05) is 6.07 Å². The van der Waals surface area contributed by atoms with E-state index in [2.05, 4.69) is 0 Å². The van der Waals surface area contributed by atoms with Crippen LogP contribution in [0, 0.1) is 16.0 Å². The van der Waals surface area contributed by atoms with Crippen LogP contribution in [-0.4, -0.2) is 17.6 Å². The van der Waals surface area contributed by atoms with Crippen LogP contribution in [-0.2, 0) is 6.18 Å². The fourth-order valence-electron chi connectivity index (χ4n) is 2.08. The van der Waals surface area contributed by atoms with Crippen LogP contribution in [0.1, 0.15) is 18.4 Å². The van der Waals surface area contributed by atoms with Gasteiger partial charge in [-0.2, -0.15) is 13.2 Å². The van der Waals surface area contributed by atoms with Crippen LogP contribution >= 0.6 is 0 Å². The minimum Gasteiger partial charge on any atom is -0.483 e. The predicted molar refractivity (Wildman–Crippen MR) is 64.3 cm³/mol. The van der Waals surface area contributed by atoms with Crippen LogP contribution in [0.25, 0.3) is 0 Å². The minimum absolute atomic E-state index is 0.136. The van der Waals surface area contributed by atoms with Gasteiger partial charge in [-0.3, -0.25) is 10.1 Å². The Morgan fingerprint density at radius 3 is 2.55 bits per heavy atom. The first-order chi connectivity index (χ1) is 9.31. The van der Waals surface area contributed by atoms with Crippen molar-refractivity contribution in [1.82, 2.24) is 0 Å².